The van der Waals surface area contributed by atoms with E-state index >= 15 is 0 Å². The first-order valence-electron chi connectivity index (χ1n) is 7.58. The summed E-state index contributed by atoms with van der Waals surface area (Å²) in [5.74, 6) is -3.12. The zero-order valence-corrected chi connectivity index (χ0v) is 13.7. The van der Waals surface area contributed by atoms with Crippen LogP contribution in [0.3, 0.4) is 0 Å². The van der Waals surface area contributed by atoms with E-state index in [0.717, 1.165) is 18.2 Å². The molecule has 0 spiro atoms. The molecule has 27 heavy (non-hydrogen) atoms. The number of rotatable bonds is 4. The van der Waals surface area contributed by atoms with Crippen LogP contribution in [0.4, 0.5) is 24.9 Å². The van der Waals surface area contributed by atoms with Gasteiger partial charge in [-0.2, -0.15) is 10.2 Å². The second-order valence-corrected chi connectivity index (χ2v) is 5.48. The first-order chi connectivity index (χ1) is 12.9. The smallest absolute Gasteiger partial charge is 0.222 e. The van der Waals surface area contributed by atoms with Crippen molar-refractivity contribution in [2.75, 3.05) is 11.5 Å². The van der Waals surface area contributed by atoms with E-state index in [4.69, 9.17) is 16.2 Å². The summed E-state index contributed by atoms with van der Waals surface area (Å²) in [6.07, 6.45) is 0. The molecular weight excluding hydrogens is 359 g/mol. The summed E-state index contributed by atoms with van der Waals surface area (Å²) in [5.41, 5.74) is 11.8. The number of nitriles is 1. The molecule has 0 aliphatic heterocycles. The molecule has 0 aliphatic rings. The Hall–Kier alpha value is -3.80. The van der Waals surface area contributed by atoms with Crippen molar-refractivity contribution in [1.82, 2.24) is 9.97 Å². The first-order valence-corrected chi connectivity index (χ1v) is 7.58. The molecular formula is C18H12F3N5O. The van der Waals surface area contributed by atoms with Crippen molar-refractivity contribution in [2.24, 2.45) is 0 Å². The van der Waals surface area contributed by atoms with Gasteiger partial charge in [-0.3, -0.25) is 0 Å². The maximum atomic E-state index is 14.4. The summed E-state index contributed by atoms with van der Waals surface area (Å²) in [5, 5.41) is 9.20. The van der Waals surface area contributed by atoms with E-state index < -0.39 is 17.5 Å². The predicted octanol–water partition coefficient (Wildman–Crippen LogP) is 3.18. The van der Waals surface area contributed by atoms with Crippen LogP contribution in [0, 0.1) is 28.8 Å². The molecule has 0 unspecified atom stereocenters. The maximum Gasteiger partial charge on any atom is 0.222 e. The molecule has 0 atom stereocenters. The van der Waals surface area contributed by atoms with Crippen molar-refractivity contribution in [3.05, 3.63) is 65.0 Å². The number of halogens is 3. The molecule has 0 radical (unpaired) electrons. The molecule has 4 N–H and O–H groups in total. The number of benzene rings is 2. The normalized spacial score (nSPS) is 10.4. The van der Waals surface area contributed by atoms with Crippen LogP contribution in [0.15, 0.2) is 36.4 Å². The zero-order valence-electron chi connectivity index (χ0n) is 13.7. The summed E-state index contributed by atoms with van der Waals surface area (Å²) in [4.78, 5) is 7.63. The number of ether oxygens (including phenoxy) is 1. The summed E-state index contributed by atoms with van der Waals surface area (Å²) in [6, 6.07) is 8.99. The van der Waals surface area contributed by atoms with Gasteiger partial charge in [-0.25, -0.2) is 18.2 Å². The number of nitrogen functional groups attached to an aromatic ring is 2. The SMILES string of the molecule is N#Cc1c(N)nc(N)nc1-c1ccc(OCc2ccc(F)c(F)c2)c(F)c1. The van der Waals surface area contributed by atoms with Crippen LogP contribution < -0.4 is 16.2 Å². The number of anilines is 2. The third-order valence-electron chi connectivity index (χ3n) is 3.65. The molecule has 3 rings (SSSR count). The Labute approximate surface area is 151 Å². The van der Waals surface area contributed by atoms with Crippen LogP contribution in [-0.4, -0.2) is 9.97 Å². The van der Waals surface area contributed by atoms with E-state index in [1.54, 1.807) is 0 Å². The maximum absolute atomic E-state index is 14.4. The fourth-order valence-corrected chi connectivity index (χ4v) is 2.37. The van der Waals surface area contributed by atoms with E-state index in [1.165, 1.54) is 18.2 Å². The Bertz CT molecular complexity index is 1070. The molecule has 0 amide bonds. The fraction of sp³-hybridized carbons (Fsp3) is 0.0556. The molecule has 1 aromatic heterocycles. The summed E-state index contributed by atoms with van der Waals surface area (Å²) in [6.45, 7) is -0.162. The Kier molecular flexibility index (Phi) is 4.81. The van der Waals surface area contributed by atoms with Crippen molar-refractivity contribution in [3.63, 3.8) is 0 Å². The minimum absolute atomic E-state index is 0.0287. The Morgan fingerprint density at radius 1 is 0.963 bits per heavy atom. The van der Waals surface area contributed by atoms with E-state index in [0.29, 0.717) is 5.56 Å². The molecule has 9 heteroatoms. The quantitative estimate of drug-likeness (QED) is 0.729. The Balaban J connectivity index is 1.86. The largest absolute Gasteiger partial charge is 0.486 e. The van der Waals surface area contributed by atoms with Gasteiger partial charge in [0, 0.05) is 5.56 Å². The van der Waals surface area contributed by atoms with Gasteiger partial charge in [0.2, 0.25) is 5.95 Å². The average molecular weight is 371 g/mol. The topological polar surface area (TPSA) is 111 Å². The van der Waals surface area contributed by atoms with Crippen LogP contribution in [0.1, 0.15) is 11.1 Å². The molecule has 6 nitrogen and oxygen atoms in total. The van der Waals surface area contributed by atoms with E-state index in [-0.39, 0.29) is 40.9 Å². The standard InChI is InChI=1S/C18H12F3N5O/c19-12-3-1-9(5-13(12)20)8-27-15-4-2-10(6-14(15)21)16-11(7-22)17(23)26-18(24)25-16/h1-6H,8H2,(H4,23,24,25,26). The second kappa shape index (κ2) is 7.21. The van der Waals surface area contributed by atoms with E-state index in [2.05, 4.69) is 9.97 Å². The van der Waals surface area contributed by atoms with Gasteiger partial charge < -0.3 is 16.2 Å². The van der Waals surface area contributed by atoms with Gasteiger partial charge in [0.25, 0.3) is 0 Å². The van der Waals surface area contributed by atoms with Gasteiger partial charge in [0.05, 0.1) is 5.69 Å². The van der Waals surface area contributed by atoms with Gasteiger partial charge in [0.1, 0.15) is 24.1 Å². The number of nitrogens with zero attached hydrogens (tertiary/aromatic N) is 3. The lowest BCUT2D eigenvalue weighted by Gasteiger charge is -2.10. The van der Waals surface area contributed by atoms with Crippen molar-refractivity contribution in [2.45, 2.75) is 6.61 Å². The highest BCUT2D eigenvalue weighted by Gasteiger charge is 2.15. The van der Waals surface area contributed by atoms with Gasteiger partial charge in [-0.05, 0) is 35.9 Å². The predicted molar refractivity (Wildman–Crippen MR) is 91.7 cm³/mol. The summed E-state index contributed by atoms with van der Waals surface area (Å²) >= 11 is 0. The van der Waals surface area contributed by atoms with E-state index in [9.17, 15) is 18.4 Å². The molecule has 0 saturated carbocycles. The molecule has 3 aromatic rings. The van der Waals surface area contributed by atoms with Gasteiger partial charge >= 0.3 is 0 Å². The molecule has 0 bridgehead atoms. The van der Waals surface area contributed by atoms with Gasteiger partial charge in [-0.15, -0.1) is 0 Å². The van der Waals surface area contributed by atoms with Crippen LogP contribution >= 0.6 is 0 Å². The van der Waals surface area contributed by atoms with Crippen molar-refractivity contribution < 1.29 is 17.9 Å². The lowest BCUT2D eigenvalue weighted by Crippen LogP contribution is -2.05. The molecule has 0 fully saturated rings. The van der Waals surface area contributed by atoms with E-state index in [1.807, 2.05) is 6.07 Å². The summed E-state index contributed by atoms with van der Waals surface area (Å²) in [7, 11) is 0. The van der Waals surface area contributed by atoms with Crippen molar-refractivity contribution in [1.29, 1.82) is 5.26 Å². The lowest BCUT2D eigenvalue weighted by molar-refractivity contribution is 0.289. The fourth-order valence-electron chi connectivity index (χ4n) is 2.37. The minimum atomic E-state index is -1.02. The number of hydrogen-bond acceptors (Lipinski definition) is 6. The zero-order chi connectivity index (χ0) is 19.6. The summed E-state index contributed by atoms with van der Waals surface area (Å²) < 4.78 is 45.8. The van der Waals surface area contributed by atoms with Crippen molar-refractivity contribution >= 4 is 11.8 Å². The number of aromatic nitrogens is 2. The van der Waals surface area contributed by atoms with Crippen LogP contribution in [0.5, 0.6) is 5.75 Å². The second-order valence-electron chi connectivity index (χ2n) is 5.48. The van der Waals surface area contributed by atoms with Gasteiger partial charge in [-0.1, -0.05) is 6.07 Å². The average Bonchev–Trinajstić information content (AvgIpc) is 2.63. The highest BCUT2D eigenvalue weighted by Crippen LogP contribution is 2.29. The highest BCUT2D eigenvalue weighted by molar-refractivity contribution is 5.73. The molecule has 1 heterocycles. The van der Waals surface area contributed by atoms with Crippen LogP contribution in [0.25, 0.3) is 11.3 Å². The highest BCUT2D eigenvalue weighted by atomic mass is 19.2. The third kappa shape index (κ3) is 3.74. The van der Waals surface area contributed by atoms with Crippen LogP contribution in [0.2, 0.25) is 0 Å². The lowest BCUT2D eigenvalue weighted by atomic mass is 10.1. The minimum Gasteiger partial charge on any atom is -0.486 e. The third-order valence-corrected chi connectivity index (χ3v) is 3.65. The van der Waals surface area contributed by atoms with Gasteiger partial charge in [0.15, 0.2) is 23.2 Å². The number of nitrogens with two attached hydrogens (primary N) is 2. The molecule has 136 valence electrons. The monoisotopic (exact) mass is 371 g/mol. The Morgan fingerprint density at radius 3 is 2.41 bits per heavy atom. The molecule has 2 aromatic carbocycles. The number of hydrogen-bond donors (Lipinski definition) is 2. The van der Waals surface area contributed by atoms with Crippen LogP contribution in [-0.2, 0) is 6.61 Å². The Morgan fingerprint density at radius 2 is 1.74 bits per heavy atom. The molecule has 0 saturated heterocycles. The van der Waals surface area contributed by atoms with Crippen molar-refractivity contribution in [3.8, 4) is 23.1 Å². The molecule has 0 aliphatic carbocycles. The first kappa shape index (κ1) is 18.0.